The smallest absolute Gasteiger partial charge is 0.305 e. The van der Waals surface area contributed by atoms with Crippen LogP contribution in [0.2, 0.25) is 0 Å². The molecule has 0 aliphatic carbocycles. The number of benzene rings is 1. The number of carbonyl (C=O) groups excluding carboxylic acids is 4. The predicted molar refractivity (Wildman–Crippen MR) is 107 cm³/mol. The summed E-state index contributed by atoms with van der Waals surface area (Å²) in [6.07, 6.45) is 1.46. The van der Waals surface area contributed by atoms with Crippen LogP contribution in [0.1, 0.15) is 45.1 Å². The molecule has 160 valence electrons. The van der Waals surface area contributed by atoms with E-state index in [1.165, 1.54) is 21.0 Å². The van der Waals surface area contributed by atoms with Crippen molar-refractivity contribution in [1.29, 1.82) is 0 Å². The van der Waals surface area contributed by atoms with Crippen molar-refractivity contribution in [2.45, 2.75) is 58.2 Å². The van der Waals surface area contributed by atoms with Crippen LogP contribution in [0.15, 0.2) is 24.3 Å². The summed E-state index contributed by atoms with van der Waals surface area (Å²) in [6.45, 7) is 2.98. The molecule has 0 fully saturated rings. The van der Waals surface area contributed by atoms with Gasteiger partial charge in [0.05, 0.1) is 13.7 Å². The number of carbonyl (C=O) groups is 4. The van der Waals surface area contributed by atoms with Crippen LogP contribution in [-0.4, -0.2) is 48.0 Å². The topological polar surface area (TPSA) is 134 Å². The first-order valence-corrected chi connectivity index (χ1v) is 9.44. The van der Waals surface area contributed by atoms with E-state index < -0.39 is 23.9 Å². The summed E-state index contributed by atoms with van der Waals surface area (Å²) in [5, 5.41) is 16.8. The van der Waals surface area contributed by atoms with Gasteiger partial charge in [-0.15, -0.1) is 0 Å². The number of aliphatic hydroxyl groups is 1. The van der Waals surface area contributed by atoms with E-state index in [0.717, 1.165) is 5.56 Å². The van der Waals surface area contributed by atoms with E-state index in [9.17, 15) is 19.2 Å². The Kier molecular flexibility index (Phi) is 10.4. The van der Waals surface area contributed by atoms with E-state index in [4.69, 9.17) is 5.11 Å². The Morgan fingerprint density at radius 3 is 2.10 bits per heavy atom. The summed E-state index contributed by atoms with van der Waals surface area (Å²) in [6, 6.07) is 5.06. The van der Waals surface area contributed by atoms with Crippen molar-refractivity contribution in [2.75, 3.05) is 12.4 Å². The predicted octanol–water partition coefficient (Wildman–Crippen LogP) is 0.860. The van der Waals surface area contributed by atoms with Crippen LogP contribution in [-0.2, 0) is 30.5 Å². The van der Waals surface area contributed by atoms with Crippen molar-refractivity contribution in [1.82, 2.24) is 10.6 Å². The third-order valence-corrected chi connectivity index (χ3v) is 4.19. The number of unbranched alkanes of at least 4 members (excludes halogenated alkanes) is 1. The molecule has 9 nitrogen and oxygen atoms in total. The molecule has 4 N–H and O–H groups in total. The number of hydrogen-bond acceptors (Lipinski definition) is 6. The van der Waals surface area contributed by atoms with Crippen LogP contribution in [0.5, 0.6) is 0 Å². The molecule has 0 aliphatic rings. The van der Waals surface area contributed by atoms with Gasteiger partial charge in [0.1, 0.15) is 12.1 Å². The van der Waals surface area contributed by atoms with Crippen molar-refractivity contribution in [2.24, 2.45) is 0 Å². The SMILES string of the molecule is COC(=O)CCCCC(=O)N[C@@H](C)C(=O)NC(C)C(=O)Nc1ccc(CO)cc1. The van der Waals surface area contributed by atoms with Crippen LogP contribution in [0, 0.1) is 0 Å². The third kappa shape index (κ3) is 9.20. The summed E-state index contributed by atoms with van der Waals surface area (Å²) in [4.78, 5) is 47.3. The molecule has 0 saturated heterocycles. The average Bonchev–Trinajstić information content (AvgIpc) is 2.71. The highest BCUT2D eigenvalue weighted by molar-refractivity contribution is 5.98. The molecule has 1 aromatic rings. The van der Waals surface area contributed by atoms with Crippen LogP contribution in [0.25, 0.3) is 0 Å². The van der Waals surface area contributed by atoms with Gasteiger partial charge in [-0.25, -0.2) is 0 Å². The minimum Gasteiger partial charge on any atom is -0.469 e. The van der Waals surface area contributed by atoms with Crippen molar-refractivity contribution >= 4 is 29.4 Å². The van der Waals surface area contributed by atoms with Crippen LogP contribution < -0.4 is 16.0 Å². The summed E-state index contributed by atoms with van der Waals surface area (Å²) in [7, 11) is 1.31. The average molecular weight is 407 g/mol. The molecule has 1 aromatic carbocycles. The van der Waals surface area contributed by atoms with Crippen LogP contribution >= 0.6 is 0 Å². The lowest BCUT2D eigenvalue weighted by Gasteiger charge is -2.18. The first kappa shape index (κ1) is 24.1. The van der Waals surface area contributed by atoms with Gasteiger partial charge in [0, 0.05) is 18.5 Å². The van der Waals surface area contributed by atoms with Gasteiger partial charge in [-0.2, -0.15) is 0 Å². The Bertz CT molecular complexity index is 705. The zero-order valence-electron chi connectivity index (χ0n) is 17.0. The maximum Gasteiger partial charge on any atom is 0.305 e. The van der Waals surface area contributed by atoms with E-state index in [2.05, 4.69) is 20.7 Å². The molecular formula is C20H29N3O6. The Hall–Kier alpha value is -2.94. The molecule has 0 radical (unpaired) electrons. The minimum absolute atomic E-state index is 0.0877. The second-order valence-electron chi connectivity index (χ2n) is 6.65. The van der Waals surface area contributed by atoms with Gasteiger partial charge in [-0.1, -0.05) is 12.1 Å². The van der Waals surface area contributed by atoms with Gasteiger partial charge >= 0.3 is 5.97 Å². The molecule has 0 saturated carbocycles. The second-order valence-corrected chi connectivity index (χ2v) is 6.65. The Labute approximate surface area is 170 Å². The molecule has 0 spiro atoms. The monoisotopic (exact) mass is 407 g/mol. The van der Waals surface area contributed by atoms with Crippen LogP contribution in [0.3, 0.4) is 0 Å². The summed E-state index contributed by atoms with van der Waals surface area (Å²) < 4.78 is 4.52. The van der Waals surface area contributed by atoms with Gasteiger partial charge in [0.2, 0.25) is 17.7 Å². The van der Waals surface area contributed by atoms with Gasteiger partial charge in [-0.3, -0.25) is 19.2 Å². The van der Waals surface area contributed by atoms with Gasteiger partial charge in [0.25, 0.3) is 0 Å². The fourth-order valence-electron chi connectivity index (χ4n) is 2.38. The normalized spacial score (nSPS) is 12.4. The minimum atomic E-state index is -0.806. The molecular weight excluding hydrogens is 378 g/mol. The molecule has 9 heteroatoms. The summed E-state index contributed by atoms with van der Waals surface area (Å²) in [5.41, 5.74) is 1.26. The number of esters is 1. The second kappa shape index (κ2) is 12.5. The number of ether oxygens (including phenoxy) is 1. The first-order valence-electron chi connectivity index (χ1n) is 9.44. The van der Waals surface area contributed by atoms with Crippen molar-refractivity contribution in [3.05, 3.63) is 29.8 Å². The summed E-state index contributed by atoms with van der Waals surface area (Å²) in [5.74, 6) is -1.52. The Morgan fingerprint density at radius 1 is 0.931 bits per heavy atom. The molecule has 0 aliphatic heterocycles. The van der Waals surface area contributed by atoms with Gasteiger partial charge in [0.15, 0.2) is 0 Å². The highest BCUT2D eigenvalue weighted by Gasteiger charge is 2.21. The van der Waals surface area contributed by atoms with Crippen LogP contribution in [0.4, 0.5) is 5.69 Å². The molecule has 3 amide bonds. The third-order valence-electron chi connectivity index (χ3n) is 4.19. The number of amides is 3. The van der Waals surface area contributed by atoms with Crippen molar-refractivity contribution in [3.63, 3.8) is 0 Å². The molecule has 0 bridgehead atoms. The number of rotatable bonds is 11. The van der Waals surface area contributed by atoms with Crippen molar-refractivity contribution < 1.29 is 29.0 Å². The maximum absolute atomic E-state index is 12.2. The largest absolute Gasteiger partial charge is 0.469 e. The number of aliphatic hydroxyl groups excluding tert-OH is 1. The van der Waals surface area contributed by atoms with E-state index in [0.29, 0.717) is 18.5 Å². The Balaban J connectivity index is 2.37. The summed E-state index contributed by atoms with van der Waals surface area (Å²) >= 11 is 0. The Morgan fingerprint density at radius 2 is 1.52 bits per heavy atom. The van der Waals surface area contributed by atoms with Gasteiger partial charge < -0.3 is 25.8 Å². The number of hydrogen-bond donors (Lipinski definition) is 4. The van der Waals surface area contributed by atoms with E-state index in [1.54, 1.807) is 24.3 Å². The lowest BCUT2D eigenvalue weighted by molar-refractivity contribution is -0.140. The standard InChI is InChI=1S/C20H29N3O6/c1-13(21-17(25)6-4-5-7-18(26)29-3)19(27)22-14(2)20(28)23-16-10-8-15(12-24)9-11-16/h8-11,13-14,24H,4-7,12H2,1-3H3,(H,21,25)(H,22,27)(H,23,28)/t13-,14?/m0/s1. The molecule has 0 aromatic heterocycles. The van der Waals surface area contributed by atoms with Gasteiger partial charge in [-0.05, 0) is 44.4 Å². The van der Waals surface area contributed by atoms with E-state index in [1.807, 2.05) is 0 Å². The zero-order valence-corrected chi connectivity index (χ0v) is 17.0. The molecule has 29 heavy (non-hydrogen) atoms. The van der Waals surface area contributed by atoms with E-state index in [-0.39, 0.29) is 31.3 Å². The molecule has 1 rings (SSSR count). The number of methoxy groups -OCH3 is 1. The lowest BCUT2D eigenvalue weighted by atomic mass is 10.1. The molecule has 2 atom stereocenters. The van der Waals surface area contributed by atoms with Crippen molar-refractivity contribution in [3.8, 4) is 0 Å². The van der Waals surface area contributed by atoms with E-state index >= 15 is 0 Å². The fraction of sp³-hybridized carbons (Fsp3) is 0.500. The number of anilines is 1. The highest BCUT2D eigenvalue weighted by Crippen LogP contribution is 2.10. The maximum atomic E-state index is 12.2. The lowest BCUT2D eigenvalue weighted by Crippen LogP contribution is -2.50. The zero-order chi connectivity index (χ0) is 21.8. The quantitative estimate of drug-likeness (QED) is 0.318. The number of nitrogens with one attached hydrogen (secondary N) is 3. The first-order chi connectivity index (χ1) is 13.8. The molecule has 0 heterocycles. The molecule has 1 unspecified atom stereocenters. The highest BCUT2D eigenvalue weighted by atomic mass is 16.5. The fourth-order valence-corrected chi connectivity index (χ4v) is 2.38.